The van der Waals surface area contributed by atoms with Gasteiger partial charge in [-0.2, -0.15) is 5.10 Å². The van der Waals surface area contributed by atoms with Gasteiger partial charge in [-0.25, -0.2) is 9.97 Å². The number of aryl methyl sites for hydroxylation is 2. The maximum Gasteiger partial charge on any atom is 0.153 e. The summed E-state index contributed by atoms with van der Waals surface area (Å²) in [5, 5.41) is 13.8. The van der Waals surface area contributed by atoms with E-state index in [4.69, 9.17) is 0 Å². The van der Waals surface area contributed by atoms with Gasteiger partial charge in [0.15, 0.2) is 5.82 Å². The summed E-state index contributed by atoms with van der Waals surface area (Å²) in [6, 6.07) is 4.16. The van der Waals surface area contributed by atoms with Crippen molar-refractivity contribution in [3.63, 3.8) is 0 Å². The lowest BCUT2D eigenvalue weighted by Crippen LogP contribution is -2.28. The van der Waals surface area contributed by atoms with Crippen LogP contribution in [0.25, 0.3) is 0 Å². The van der Waals surface area contributed by atoms with Gasteiger partial charge >= 0.3 is 0 Å². The van der Waals surface area contributed by atoms with E-state index < -0.39 is 0 Å². The molecule has 0 bridgehead atoms. The Morgan fingerprint density at radius 1 is 1.15 bits per heavy atom. The summed E-state index contributed by atoms with van der Waals surface area (Å²) in [4.78, 5) is 9.19. The fourth-order valence-electron chi connectivity index (χ4n) is 2.50. The molecule has 0 saturated carbocycles. The monoisotopic (exact) mass is 272 g/mol. The molecule has 6 nitrogen and oxygen atoms in total. The number of hydrogen-bond donors (Lipinski definition) is 3. The number of nitrogens with one attached hydrogen (secondary N) is 3. The molecular weight excluding hydrogens is 252 g/mol. The van der Waals surface area contributed by atoms with E-state index in [9.17, 15) is 0 Å². The first-order valence-electron chi connectivity index (χ1n) is 7.09. The van der Waals surface area contributed by atoms with Crippen LogP contribution in [-0.2, 0) is 0 Å². The van der Waals surface area contributed by atoms with Crippen LogP contribution in [0.15, 0.2) is 12.1 Å². The first-order valence-corrected chi connectivity index (χ1v) is 7.09. The lowest BCUT2D eigenvalue weighted by molar-refractivity contribution is 0.397. The van der Waals surface area contributed by atoms with Gasteiger partial charge in [0.25, 0.3) is 0 Å². The van der Waals surface area contributed by atoms with E-state index in [2.05, 4.69) is 30.8 Å². The average Bonchev–Trinajstić information content (AvgIpc) is 2.84. The molecule has 1 fully saturated rings. The molecule has 0 aromatic carbocycles. The fourth-order valence-corrected chi connectivity index (χ4v) is 2.50. The Labute approximate surface area is 118 Å². The minimum absolute atomic E-state index is 0.269. The van der Waals surface area contributed by atoms with Crippen LogP contribution >= 0.6 is 0 Å². The number of aromatic amines is 1. The highest BCUT2D eigenvalue weighted by atomic mass is 15.2. The Bertz CT molecular complexity index is 585. The Morgan fingerprint density at radius 3 is 2.75 bits per heavy atom. The normalized spacial score (nSPS) is 19.0. The molecule has 20 heavy (non-hydrogen) atoms. The molecule has 3 N–H and O–H groups in total. The van der Waals surface area contributed by atoms with Crippen LogP contribution in [-0.4, -0.2) is 26.7 Å². The molecule has 0 radical (unpaired) electrons. The van der Waals surface area contributed by atoms with E-state index in [0.717, 1.165) is 41.8 Å². The Morgan fingerprint density at radius 2 is 2.05 bits per heavy atom. The van der Waals surface area contributed by atoms with E-state index in [1.54, 1.807) is 0 Å². The van der Waals surface area contributed by atoms with Crippen LogP contribution in [0.2, 0.25) is 0 Å². The second-order valence-corrected chi connectivity index (χ2v) is 5.32. The summed E-state index contributed by atoms with van der Waals surface area (Å²) in [6.45, 7) is 5.01. The number of rotatable bonds is 3. The predicted octanol–water partition coefficient (Wildman–Crippen LogP) is 2.37. The minimum atomic E-state index is 0.269. The number of aromatic nitrogens is 4. The quantitative estimate of drug-likeness (QED) is 0.799. The van der Waals surface area contributed by atoms with E-state index in [1.165, 1.54) is 12.8 Å². The molecule has 1 atom stereocenters. The highest BCUT2D eigenvalue weighted by Gasteiger charge is 2.18. The van der Waals surface area contributed by atoms with Gasteiger partial charge in [0.2, 0.25) is 0 Å². The minimum Gasteiger partial charge on any atom is -0.323 e. The van der Waals surface area contributed by atoms with Gasteiger partial charge < -0.3 is 10.6 Å². The molecule has 0 spiro atoms. The number of anilines is 2. The molecule has 2 aromatic heterocycles. The van der Waals surface area contributed by atoms with Gasteiger partial charge in [-0.1, -0.05) is 6.42 Å². The third-order valence-electron chi connectivity index (χ3n) is 3.46. The summed E-state index contributed by atoms with van der Waals surface area (Å²) < 4.78 is 0. The van der Waals surface area contributed by atoms with Crippen LogP contribution in [0.4, 0.5) is 11.6 Å². The SMILES string of the molecule is Cc1cc(Nc2cc(C)[nH]n2)nc(C2CCCCN2)n1. The molecular formula is C14H20N6. The van der Waals surface area contributed by atoms with Crippen molar-refractivity contribution in [2.75, 3.05) is 11.9 Å². The van der Waals surface area contributed by atoms with Crippen molar-refractivity contribution >= 4 is 11.6 Å². The van der Waals surface area contributed by atoms with Gasteiger partial charge in [0, 0.05) is 23.5 Å². The summed E-state index contributed by atoms with van der Waals surface area (Å²) >= 11 is 0. The molecule has 6 heteroatoms. The summed E-state index contributed by atoms with van der Waals surface area (Å²) in [5.41, 5.74) is 1.99. The summed E-state index contributed by atoms with van der Waals surface area (Å²) in [7, 11) is 0. The van der Waals surface area contributed by atoms with Crippen LogP contribution in [0.1, 0.15) is 42.5 Å². The highest BCUT2D eigenvalue weighted by molar-refractivity contribution is 5.52. The molecule has 3 rings (SSSR count). The number of hydrogen-bond acceptors (Lipinski definition) is 5. The topological polar surface area (TPSA) is 78.5 Å². The number of nitrogens with zero attached hydrogens (tertiary/aromatic N) is 3. The maximum absolute atomic E-state index is 4.62. The third kappa shape index (κ3) is 2.96. The molecule has 2 aromatic rings. The molecule has 1 aliphatic rings. The van der Waals surface area contributed by atoms with E-state index in [0.29, 0.717) is 0 Å². The Balaban J connectivity index is 1.82. The van der Waals surface area contributed by atoms with E-state index in [-0.39, 0.29) is 6.04 Å². The molecule has 0 aliphatic carbocycles. The molecule has 3 heterocycles. The molecule has 1 saturated heterocycles. The zero-order chi connectivity index (χ0) is 13.9. The molecule has 1 unspecified atom stereocenters. The van der Waals surface area contributed by atoms with Crippen molar-refractivity contribution < 1.29 is 0 Å². The van der Waals surface area contributed by atoms with Gasteiger partial charge in [-0.3, -0.25) is 5.10 Å². The standard InChI is InChI=1S/C14H20N6/c1-9-7-12(17-13-8-10(2)19-20-13)18-14(16-9)11-5-3-4-6-15-11/h7-8,11,15H,3-6H2,1-2H3,(H2,16,17,18,19,20). The maximum atomic E-state index is 4.62. The van der Waals surface area contributed by atoms with E-state index >= 15 is 0 Å². The zero-order valence-corrected chi connectivity index (χ0v) is 11.9. The first kappa shape index (κ1) is 13.1. The van der Waals surface area contributed by atoms with E-state index in [1.807, 2.05) is 26.0 Å². The van der Waals surface area contributed by atoms with Crippen LogP contribution < -0.4 is 10.6 Å². The van der Waals surface area contributed by atoms with Crippen molar-refractivity contribution in [2.45, 2.75) is 39.2 Å². The zero-order valence-electron chi connectivity index (χ0n) is 11.9. The highest BCUT2D eigenvalue weighted by Crippen LogP contribution is 2.22. The average molecular weight is 272 g/mol. The second kappa shape index (κ2) is 5.58. The van der Waals surface area contributed by atoms with Crippen molar-refractivity contribution in [1.29, 1.82) is 0 Å². The molecule has 0 amide bonds. The number of H-pyrrole nitrogens is 1. The summed E-state index contributed by atoms with van der Waals surface area (Å²) in [5.74, 6) is 2.45. The van der Waals surface area contributed by atoms with Crippen LogP contribution in [0.3, 0.4) is 0 Å². The summed E-state index contributed by atoms with van der Waals surface area (Å²) in [6.07, 6.45) is 3.57. The second-order valence-electron chi connectivity index (χ2n) is 5.32. The van der Waals surface area contributed by atoms with Crippen molar-refractivity contribution in [3.05, 3.63) is 29.3 Å². The number of piperidine rings is 1. The smallest absolute Gasteiger partial charge is 0.153 e. The fraction of sp³-hybridized carbons (Fsp3) is 0.500. The lowest BCUT2D eigenvalue weighted by Gasteiger charge is -2.22. The van der Waals surface area contributed by atoms with Crippen LogP contribution in [0, 0.1) is 13.8 Å². The largest absolute Gasteiger partial charge is 0.323 e. The van der Waals surface area contributed by atoms with Crippen molar-refractivity contribution in [3.8, 4) is 0 Å². The predicted molar refractivity (Wildman–Crippen MR) is 78.0 cm³/mol. The Hall–Kier alpha value is -1.95. The Kier molecular flexibility index (Phi) is 3.64. The van der Waals surface area contributed by atoms with Crippen molar-refractivity contribution in [1.82, 2.24) is 25.5 Å². The van der Waals surface area contributed by atoms with Crippen molar-refractivity contribution in [2.24, 2.45) is 0 Å². The van der Waals surface area contributed by atoms with Gasteiger partial charge in [-0.15, -0.1) is 0 Å². The van der Waals surface area contributed by atoms with Crippen LogP contribution in [0.5, 0.6) is 0 Å². The third-order valence-corrected chi connectivity index (χ3v) is 3.46. The van der Waals surface area contributed by atoms with Gasteiger partial charge in [-0.05, 0) is 33.2 Å². The molecule has 1 aliphatic heterocycles. The lowest BCUT2D eigenvalue weighted by atomic mass is 10.0. The van der Waals surface area contributed by atoms with Gasteiger partial charge in [0.05, 0.1) is 6.04 Å². The van der Waals surface area contributed by atoms with Gasteiger partial charge in [0.1, 0.15) is 11.6 Å². The molecule has 106 valence electrons. The first-order chi connectivity index (χ1) is 9.70.